The number of nitrogens with zero attached hydrogens (tertiary/aromatic N) is 2. The van der Waals surface area contributed by atoms with Gasteiger partial charge in [-0.1, -0.05) is 39.5 Å². The predicted molar refractivity (Wildman–Crippen MR) is 203 cm³/mol. The third kappa shape index (κ3) is 16.8. The highest BCUT2D eigenvalue weighted by Gasteiger charge is 2.52. The molecule has 0 spiro atoms. The van der Waals surface area contributed by atoms with Gasteiger partial charge in [-0.25, -0.2) is 33.6 Å². The SMILES string of the molecule is C=CC(=O)OCC(COCC(O)CN1C(=O)N(CC(O)COCC(COC(=O)C=C)(COC(=O)C=C)COC(=O)C=C)C(C)(C)C1=O)(COC(=O)C=C)COC(=O)C=C. The molecule has 0 aromatic heterocycles. The van der Waals surface area contributed by atoms with Gasteiger partial charge in [0.05, 0.1) is 62.6 Å². The van der Waals surface area contributed by atoms with E-state index in [0.29, 0.717) is 0 Å². The molecule has 3 amide bonds. The summed E-state index contributed by atoms with van der Waals surface area (Å²) in [6.07, 6.45) is 2.31. The summed E-state index contributed by atoms with van der Waals surface area (Å²) >= 11 is 0. The van der Waals surface area contributed by atoms with E-state index >= 15 is 0 Å². The van der Waals surface area contributed by atoms with Crippen molar-refractivity contribution in [3.8, 4) is 0 Å². The van der Waals surface area contributed by atoms with Crippen LogP contribution >= 0.6 is 0 Å². The lowest BCUT2D eigenvalue weighted by Gasteiger charge is -2.33. The molecule has 2 N–H and O–H groups in total. The van der Waals surface area contributed by atoms with Crippen LogP contribution < -0.4 is 0 Å². The second-order valence-electron chi connectivity index (χ2n) is 13.6. The Morgan fingerprint density at radius 2 is 0.814 bits per heavy atom. The molecule has 1 heterocycles. The summed E-state index contributed by atoms with van der Waals surface area (Å²) in [6.45, 7) is 16.8. The van der Waals surface area contributed by atoms with Crippen molar-refractivity contribution in [1.82, 2.24) is 9.80 Å². The molecule has 1 rings (SSSR count). The molecule has 1 fully saturated rings. The van der Waals surface area contributed by atoms with Gasteiger partial charge >= 0.3 is 41.8 Å². The fourth-order valence-corrected chi connectivity index (χ4v) is 4.93. The minimum absolute atomic E-state index is 0.427. The summed E-state index contributed by atoms with van der Waals surface area (Å²) in [5, 5.41) is 21.8. The molecule has 1 aliphatic heterocycles. The van der Waals surface area contributed by atoms with Crippen LogP contribution in [0.1, 0.15) is 13.8 Å². The number of imide groups is 1. The number of carbonyl (C=O) groups excluding carboxylic acids is 8. The van der Waals surface area contributed by atoms with Crippen molar-refractivity contribution in [2.45, 2.75) is 31.6 Å². The molecule has 2 unspecified atom stereocenters. The Morgan fingerprint density at radius 3 is 1.08 bits per heavy atom. The normalized spacial score (nSPS) is 14.5. The number of hydrogen-bond donors (Lipinski definition) is 2. The zero-order chi connectivity index (χ0) is 44.8. The Balaban J connectivity index is 3.08. The van der Waals surface area contributed by atoms with Crippen molar-refractivity contribution in [1.29, 1.82) is 0 Å². The molecule has 1 saturated heterocycles. The molecule has 20 nitrogen and oxygen atoms in total. The van der Waals surface area contributed by atoms with Crippen molar-refractivity contribution in [2.75, 3.05) is 79.2 Å². The van der Waals surface area contributed by atoms with Crippen LogP contribution in [0.15, 0.2) is 75.9 Å². The number of amides is 3. The molecule has 0 saturated carbocycles. The number of β-amino-alcohol motifs (C(OH)–C–C–N with tert-alkyl or cyclic N) is 2. The van der Waals surface area contributed by atoms with E-state index in [4.69, 9.17) is 37.9 Å². The molecular weight excluding hydrogens is 784 g/mol. The Kier molecular flexibility index (Phi) is 21.4. The minimum Gasteiger partial charge on any atom is -0.462 e. The highest BCUT2D eigenvalue weighted by molar-refractivity contribution is 6.06. The highest BCUT2D eigenvalue weighted by atomic mass is 16.6. The monoisotopic (exact) mass is 836 g/mol. The number of urea groups is 1. The third-order valence-corrected chi connectivity index (χ3v) is 8.25. The van der Waals surface area contributed by atoms with Crippen LogP contribution in [-0.4, -0.2) is 165 Å². The first kappa shape index (κ1) is 51.1. The number of hydrogen-bond acceptors (Lipinski definition) is 18. The first-order valence-electron chi connectivity index (χ1n) is 17.7. The summed E-state index contributed by atoms with van der Waals surface area (Å²) in [5.41, 5.74) is -4.52. The van der Waals surface area contributed by atoms with E-state index < -0.39 is 155 Å². The maximum Gasteiger partial charge on any atom is 0.330 e. The summed E-state index contributed by atoms with van der Waals surface area (Å²) in [4.78, 5) is 100.0. The van der Waals surface area contributed by atoms with E-state index in [9.17, 15) is 48.6 Å². The minimum atomic E-state index is -1.52. The van der Waals surface area contributed by atoms with E-state index in [1.807, 2.05) is 0 Å². The predicted octanol–water partition coefficient (Wildman–Crippen LogP) is 0.132. The molecule has 0 aromatic carbocycles. The second-order valence-corrected chi connectivity index (χ2v) is 13.6. The van der Waals surface area contributed by atoms with Crippen LogP contribution in [0.5, 0.6) is 0 Å². The molecule has 0 radical (unpaired) electrons. The molecule has 0 aliphatic carbocycles. The van der Waals surface area contributed by atoms with Gasteiger partial charge < -0.3 is 53.0 Å². The number of esters is 6. The average molecular weight is 837 g/mol. The van der Waals surface area contributed by atoms with Crippen molar-refractivity contribution >= 4 is 47.8 Å². The van der Waals surface area contributed by atoms with Gasteiger partial charge in [0.2, 0.25) is 0 Å². The Hall–Kier alpha value is -5.96. The van der Waals surface area contributed by atoms with E-state index in [0.717, 1.165) is 46.3 Å². The molecule has 1 aliphatic rings. The number of aliphatic hydroxyl groups excluding tert-OH is 2. The first-order chi connectivity index (χ1) is 27.8. The van der Waals surface area contributed by atoms with Crippen LogP contribution in [0, 0.1) is 10.8 Å². The smallest absolute Gasteiger partial charge is 0.330 e. The maximum absolute atomic E-state index is 13.5. The van der Waals surface area contributed by atoms with E-state index in [2.05, 4.69) is 39.5 Å². The van der Waals surface area contributed by atoms with Crippen molar-refractivity contribution in [3.05, 3.63) is 75.9 Å². The quantitative estimate of drug-likeness (QED) is 0.0422. The van der Waals surface area contributed by atoms with Gasteiger partial charge in [0, 0.05) is 36.5 Å². The molecule has 326 valence electrons. The van der Waals surface area contributed by atoms with Gasteiger partial charge in [-0.2, -0.15) is 0 Å². The topological polar surface area (TPSA) is 257 Å². The van der Waals surface area contributed by atoms with E-state index in [-0.39, 0.29) is 0 Å². The number of ether oxygens (including phenoxy) is 8. The molecule has 0 bridgehead atoms. The summed E-state index contributed by atoms with van der Waals surface area (Å²) in [5.74, 6) is -5.84. The Bertz CT molecular complexity index is 1480. The largest absolute Gasteiger partial charge is 0.462 e. The van der Waals surface area contributed by atoms with Gasteiger partial charge in [-0.3, -0.25) is 9.69 Å². The standard InChI is InChI=1S/C39H52N2O18/c1-9-29(44)54-21-38(22-55-30(45)10-2,23-56-31(46)11-3)19-52-17-27(42)15-40-35(50)37(7,8)41(36(40)51)16-28(43)18-53-20-39(24-57-32(47)12-4,25-58-33(48)13-5)26-59-34(49)14-6/h9-14,27-28,42-43H,1-6,15-26H2,7-8H3. The lowest BCUT2D eigenvalue weighted by Crippen LogP contribution is -2.49. The zero-order valence-corrected chi connectivity index (χ0v) is 33.2. The molecule has 20 heteroatoms. The van der Waals surface area contributed by atoms with Crippen LogP contribution in [0.2, 0.25) is 0 Å². The second kappa shape index (κ2) is 24.7. The Morgan fingerprint density at radius 1 is 0.542 bits per heavy atom. The summed E-state index contributed by atoms with van der Waals surface area (Å²) in [7, 11) is 0. The van der Waals surface area contributed by atoms with Crippen LogP contribution in [0.4, 0.5) is 4.79 Å². The van der Waals surface area contributed by atoms with Crippen LogP contribution in [-0.2, 0) is 71.5 Å². The Labute approximate surface area is 341 Å². The fraction of sp³-hybridized carbons (Fsp3) is 0.487. The fourth-order valence-electron chi connectivity index (χ4n) is 4.93. The van der Waals surface area contributed by atoms with Crippen molar-refractivity contribution < 1.29 is 86.5 Å². The lowest BCUT2D eigenvalue weighted by atomic mass is 9.92. The van der Waals surface area contributed by atoms with Gasteiger partial charge in [0.1, 0.15) is 45.2 Å². The van der Waals surface area contributed by atoms with Gasteiger partial charge in [-0.15, -0.1) is 0 Å². The number of aliphatic hydroxyl groups is 2. The van der Waals surface area contributed by atoms with E-state index in [1.165, 1.54) is 13.8 Å². The van der Waals surface area contributed by atoms with E-state index in [1.54, 1.807) is 0 Å². The third-order valence-electron chi connectivity index (χ3n) is 8.25. The molecule has 2 atom stereocenters. The van der Waals surface area contributed by atoms with Crippen LogP contribution in [0.3, 0.4) is 0 Å². The maximum atomic E-state index is 13.5. The summed E-state index contributed by atoms with van der Waals surface area (Å²) < 4.78 is 42.1. The van der Waals surface area contributed by atoms with Gasteiger partial charge in [-0.05, 0) is 13.8 Å². The first-order valence-corrected chi connectivity index (χ1v) is 17.7. The number of rotatable bonds is 30. The average Bonchev–Trinajstić information content (AvgIpc) is 3.38. The number of carbonyl (C=O) groups is 8. The highest BCUT2D eigenvalue weighted by Crippen LogP contribution is 2.29. The van der Waals surface area contributed by atoms with Crippen molar-refractivity contribution in [3.63, 3.8) is 0 Å². The lowest BCUT2D eigenvalue weighted by molar-refractivity contribution is -0.164. The van der Waals surface area contributed by atoms with Gasteiger partial charge in [0.25, 0.3) is 5.91 Å². The molecule has 0 aromatic rings. The molecular formula is C39H52N2O18. The van der Waals surface area contributed by atoms with Crippen molar-refractivity contribution in [2.24, 2.45) is 10.8 Å². The summed E-state index contributed by atoms with van der Waals surface area (Å²) in [6, 6.07) is -0.880. The molecule has 59 heavy (non-hydrogen) atoms. The van der Waals surface area contributed by atoms with Crippen LogP contribution in [0.25, 0.3) is 0 Å². The van der Waals surface area contributed by atoms with Gasteiger partial charge in [0.15, 0.2) is 0 Å². The zero-order valence-electron chi connectivity index (χ0n) is 33.2.